The van der Waals surface area contributed by atoms with Gasteiger partial charge < -0.3 is 14.7 Å². The quantitative estimate of drug-likeness (QED) is 0.268. The van der Waals surface area contributed by atoms with Gasteiger partial charge in [0.05, 0.1) is 33.5 Å². The number of amides is 1. The molecule has 1 amide bonds. The number of anilines is 1. The van der Waals surface area contributed by atoms with Gasteiger partial charge in [0.1, 0.15) is 11.4 Å². The number of halogens is 1. The number of carbonyl (C=O) groups is 1. The molecule has 1 unspecified atom stereocenters. The maximum Gasteiger partial charge on any atom is 0.262 e. The Morgan fingerprint density at radius 1 is 1.22 bits per heavy atom. The number of aliphatic hydroxyl groups is 1. The molecule has 7 nitrogen and oxygen atoms in total. The Morgan fingerprint density at radius 3 is 2.72 bits per heavy atom. The van der Waals surface area contributed by atoms with Gasteiger partial charge in [-0.15, -0.1) is 0 Å². The first-order valence-electron chi connectivity index (χ1n) is 16.5. The summed E-state index contributed by atoms with van der Waals surface area (Å²) in [6.45, 7) is 9.23. The van der Waals surface area contributed by atoms with Crippen molar-refractivity contribution in [2.75, 3.05) is 24.6 Å². The monoisotopic (exact) mass is 663 g/mol. The number of fused-ring (bicyclic) bond motifs is 4. The van der Waals surface area contributed by atoms with Gasteiger partial charge in [0.15, 0.2) is 0 Å². The fourth-order valence-electron chi connectivity index (χ4n) is 8.13. The number of nitrogens with zero attached hydrogens (tertiary/aromatic N) is 2. The number of nitriles is 1. The van der Waals surface area contributed by atoms with Crippen LogP contribution in [0.5, 0.6) is 5.75 Å². The van der Waals surface area contributed by atoms with Gasteiger partial charge in [0.25, 0.3) is 5.91 Å². The molecular weight excluding hydrogens is 618 g/mol. The van der Waals surface area contributed by atoms with Gasteiger partial charge in [-0.3, -0.25) is 9.52 Å². The highest BCUT2D eigenvalue weighted by Gasteiger charge is 2.54. The summed E-state index contributed by atoms with van der Waals surface area (Å²) in [4.78, 5) is 16.0. The first kappa shape index (κ1) is 32.9. The fourth-order valence-corrected chi connectivity index (χ4v) is 9.80. The summed E-state index contributed by atoms with van der Waals surface area (Å²) in [6.07, 6.45) is 8.93. The molecule has 0 aromatic heterocycles. The van der Waals surface area contributed by atoms with Crippen LogP contribution in [-0.4, -0.2) is 51.6 Å². The zero-order valence-corrected chi connectivity index (χ0v) is 28.9. The Bertz CT molecular complexity index is 1720. The predicted octanol–water partition coefficient (Wildman–Crippen LogP) is 6.47. The normalized spacial score (nSPS) is 35.3. The average molecular weight is 664 g/mol. The van der Waals surface area contributed by atoms with E-state index >= 15 is 0 Å². The standard InChI is InChI=1S/C37H46ClN3O4S/c1-24-8-6-17-37(43,35(3,4)21-39)31-13-10-28(31)20-41-22-36(16-7-9-26-18-29(38)12-14-30(26)36)23-45-33-15-11-27(19-32(33)41)34(42)40-46(5,44)25(24)2/h6,11-12,14-15,17-19,24-25,28,31,43H,5,7-10,13,16,20,22-23H2,1-4H3,(H,40,42,44)/b17-6+/t24-,25+,28-,31+,36-,37-,46?/m0/s1. The van der Waals surface area contributed by atoms with E-state index in [1.165, 1.54) is 11.1 Å². The maximum absolute atomic E-state index is 13.8. The van der Waals surface area contributed by atoms with Gasteiger partial charge in [-0.1, -0.05) is 36.7 Å². The smallest absolute Gasteiger partial charge is 0.262 e. The molecular formula is C37H46ClN3O4S. The first-order chi connectivity index (χ1) is 21.7. The number of aryl methyl sites for hydroxylation is 1. The Morgan fingerprint density at radius 2 is 2.00 bits per heavy atom. The zero-order valence-electron chi connectivity index (χ0n) is 27.4. The minimum absolute atomic E-state index is 0.0959. The van der Waals surface area contributed by atoms with Crippen LogP contribution in [0.15, 0.2) is 48.6 Å². The molecule has 1 fully saturated rings. The largest absolute Gasteiger partial charge is 0.490 e. The molecule has 46 heavy (non-hydrogen) atoms. The predicted molar refractivity (Wildman–Crippen MR) is 186 cm³/mol. The Kier molecular flexibility index (Phi) is 8.53. The Hall–Kier alpha value is -2.99. The van der Waals surface area contributed by atoms with Crippen molar-refractivity contribution < 1.29 is 18.8 Å². The van der Waals surface area contributed by atoms with Gasteiger partial charge in [0.2, 0.25) is 0 Å². The number of allylic oxidation sites excluding steroid dienone is 1. The lowest BCUT2D eigenvalue weighted by Crippen LogP contribution is -2.57. The second-order valence-electron chi connectivity index (χ2n) is 14.8. The molecule has 246 valence electrons. The van der Waals surface area contributed by atoms with Crippen LogP contribution < -0.4 is 14.4 Å². The van der Waals surface area contributed by atoms with Gasteiger partial charge in [-0.2, -0.15) is 5.26 Å². The van der Waals surface area contributed by atoms with E-state index in [0.29, 0.717) is 37.4 Å². The second kappa shape index (κ2) is 11.9. The molecule has 2 bridgehead atoms. The Balaban J connectivity index is 1.48. The van der Waals surface area contributed by atoms with E-state index in [-0.39, 0.29) is 23.2 Å². The summed E-state index contributed by atoms with van der Waals surface area (Å²) >= 11 is 6.43. The fraction of sp³-hybridized carbons (Fsp3) is 0.541. The number of nitrogens with one attached hydrogen (secondary N) is 1. The number of benzene rings is 2. The summed E-state index contributed by atoms with van der Waals surface area (Å²) in [5, 5.41) is 23.0. The molecule has 2 aromatic rings. The van der Waals surface area contributed by atoms with Crippen LogP contribution >= 0.6 is 11.6 Å². The molecule has 2 N–H and O–H groups in total. The highest BCUT2D eigenvalue weighted by Crippen LogP contribution is 2.52. The average Bonchev–Trinajstić information content (AvgIpc) is 3.14. The van der Waals surface area contributed by atoms with E-state index in [2.05, 4.69) is 33.7 Å². The third kappa shape index (κ3) is 5.63. The minimum Gasteiger partial charge on any atom is -0.490 e. The lowest BCUT2D eigenvalue weighted by molar-refractivity contribution is -0.0994. The van der Waals surface area contributed by atoms with E-state index in [1.807, 2.05) is 58.0 Å². The summed E-state index contributed by atoms with van der Waals surface area (Å²) in [7, 11) is -3.01. The molecule has 0 saturated heterocycles. The molecule has 6 rings (SSSR count). The molecule has 2 heterocycles. The van der Waals surface area contributed by atoms with Gasteiger partial charge >= 0.3 is 0 Å². The van der Waals surface area contributed by atoms with Crippen LogP contribution in [0, 0.1) is 34.5 Å². The zero-order chi connectivity index (χ0) is 33.1. The van der Waals surface area contributed by atoms with Crippen LogP contribution in [0.25, 0.3) is 0 Å². The number of hydrogen-bond acceptors (Lipinski definition) is 6. The lowest BCUT2D eigenvalue weighted by atomic mass is 9.56. The van der Waals surface area contributed by atoms with Crippen LogP contribution in [0.1, 0.15) is 81.3 Å². The van der Waals surface area contributed by atoms with Crippen molar-refractivity contribution in [1.82, 2.24) is 4.72 Å². The topological polar surface area (TPSA) is 103 Å². The third-order valence-corrected chi connectivity index (χ3v) is 14.0. The first-order valence-corrected chi connectivity index (χ1v) is 18.7. The van der Waals surface area contributed by atoms with Crippen LogP contribution in [0.4, 0.5) is 5.69 Å². The third-order valence-electron chi connectivity index (χ3n) is 11.6. The van der Waals surface area contributed by atoms with Gasteiger partial charge in [-0.05, 0) is 124 Å². The minimum atomic E-state index is -3.01. The summed E-state index contributed by atoms with van der Waals surface area (Å²) in [6, 6.07) is 14.0. The molecule has 0 radical (unpaired) electrons. The van der Waals surface area contributed by atoms with Crippen LogP contribution in [0.2, 0.25) is 5.02 Å². The van der Waals surface area contributed by atoms with Crippen molar-refractivity contribution >= 4 is 38.8 Å². The molecule has 2 aliphatic heterocycles. The van der Waals surface area contributed by atoms with E-state index in [4.69, 9.17) is 16.3 Å². The number of ether oxygens (including phenoxy) is 1. The van der Waals surface area contributed by atoms with Crippen molar-refractivity contribution in [3.63, 3.8) is 0 Å². The molecule has 7 atom stereocenters. The van der Waals surface area contributed by atoms with E-state index in [0.717, 1.165) is 42.8 Å². The Labute approximate surface area is 279 Å². The summed E-state index contributed by atoms with van der Waals surface area (Å²) < 4.78 is 23.2. The number of hydrogen-bond donors (Lipinski definition) is 2. The van der Waals surface area contributed by atoms with Crippen molar-refractivity contribution in [3.8, 4) is 11.8 Å². The van der Waals surface area contributed by atoms with Crippen molar-refractivity contribution in [2.45, 2.75) is 82.5 Å². The maximum atomic E-state index is 13.8. The van der Waals surface area contributed by atoms with Crippen molar-refractivity contribution in [3.05, 3.63) is 70.3 Å². The molecule has 1 saturated carbocycles. The van der Waals surface area contributed by atoms with Gasteiger partial charge in [0, 0.05) is 34.3 Å². The molecule has 9 heteroatoms. The van der Waals surface area contributed by atoms with Gasteiger partial charge in [-0.25, -0.2) is 4.21 Å². The summed E-state index contributed by atoms with van der Waals surface area (Å²) in [5.41, 5.74) is 1.01. The number of rotatable bonds is 1. The van der Waals surface area contributed by atoms with Crippen LogP contribution in [0.3, 0.4) is 0 Å². The summed E-state index contributed by atoms with van der Waals surface area (Å²) in [5.74, 6) is 4.11. The molecule has 2 aromatic carbocycles. The molecule has 4 aliphatic rings. The SMILES string of the molecule is C=S1(=O)NC(=O)c2ccc3c(c2)N(C[C@@H]2CC[C@H]2[C@](O)(C(C)(C)C#N)/C=C/C[C@H](C)[C@H]1C)C[C@@]1(CCCc2cc(Cl)ccc21)CO3. The second-order valence-corrected chi connectivity index (χ2v) is 17.6. The molecule has 1 spiro atoms. The van der Waals surface area contributed by atoms with E-state index in [1.54, 1.807) is 6.07 Å². The van der Waals surface area contributed by atoms with Crippen molar-refractivity contribution in [2.24, 2.45) is 23.2 Å². The number of carbonyl (C=O) groups excluding carboxylic acids is 1. The highest BCUT2D eigenvalue weighted by atomic mass is 35.5. The molecule has 2 aliphatic carbocycles. The van der Waals surface area contributed by atoms with E-state index in [9.17, 15) is 19.4 Å². The van der Waals surface area contributed by atoms with Crippen LogP contribution in [-0.2, 0) is 21.5 Å². The van der Waals surface area contributed by atoms with Crippen molar-refractivity contribution in [1.29, 1.82) is 5.26 Å². The lowest BCUT2D eigenvalue weighted by Gasteiger charge is -2.52. The van der Waals surface area contributed by atoms with E-state index < -0.39 is 31.9 Å². The highest BCUT2D eigenvalue weighted by molar-refractivity contribution is 7.99.